The molecule has 1 aromatic carbocycles. The van der Waals surface area contributed by atoms with Crippen LogP contribution in [0, 0.1) is 6.92 Å². The second-order valence-corrected chi connectivity index (χ2v) is 6.38. The zero-order chi connectivity index (χ0) is 12.9. The summed E-state index contributed by atoms with van der Waals surface area (Å²) in [6.45, 7) is 3.93. The van der Waals surface area contributed by atoms with Gasteiger partial charge in [-0.25, -0.2) is 8.42 Å². The molecular formula is C12H19NO3S. The maximum atomic E-state index is 11.3. The van der Waals surface area contributed by atoms with Gasteiger partial charge in [-0.1, -0.05) is 13.0 Å². The van der Waals surface area contributed by atoms with Crippen LogP contribution < -0.4 is 10.5 Å². The molecule has 5 heteroatoms. The van der Waals surface area contributed by atoms with Gasteiger partial charge in [0.1, 0.15) is 15.6 Å². The van der Waals surface area contributed by atoms with E-state index in [1.54, 1.807) is 6.92 Å². The van der Waals surface area contributed by atoms with E-state index in [0.717, 1.165) is 11.3 Å². The second-order valence-electron chi connectivity index (χ2n) is 3.91. The van der Waals surface area contributed by atoms with Crippen molar-refractivity contribution in [3.8, 4) is 5.75 Å². The number of nitrogens with two attached hydrogens (primary N) is 1. The Kier molecular flexibility index (Phi) is 4.81. The third-order valence-electron chi connectivity index (χ3n) is 2.62. The Balaban J connectivity index is 2.44. The molecule has 4 nitrogen and oxygen atoms in total. The quantitative estimate of drug-likeness (QED) is 0.623. The molecule has 1 rings (SSSR count). The number of benzene rings is 1. The molecule has 0 aliphatic heterocycles. The SMILES string of the molecule is CCS(=O)(=O)CCCOc1cccc(N)c1C. The first-order valence-electron chi connectivity index (χ1n) is 5.64. The third kappa shape index (κ3) is 4.26. The van der Waals surface area contributed by atoms with Gasteiger partial charge in [0.2, 0.25) is 0 Å². The molecular weight excluding hydrogens is 238 g/mol. The fourth-order valence-corrected chi connectivity index (χ4v) is 2.24. The number of ether oxygens (including phenoxy) is 1. The van der Waals surface area contributed by atoms with Crippen LogP contribution in [0.4, 0.5) is 5.69 Å². The highest BCUT2D eigenvalue weighted by molar-refractivity contribution is 7.91. The maximum Gasteiger partial charge on any atom is 0.150 e. The standard InChI is InChI=1S/C12H19NO3S/c1-3-17(14,15)9-5-8-16-12-7-4-6-11(13)10(12)2/h4,6-7H,3,5,8-9,13H2,1-2H3. The van der Waals surface area contributed by atoms with Crippen molar-refractivity contribution in [2.75, 3.05) is 23.8 Å². The Hall–Kier alpha value is -1.23. The molecule has 2 N–H and O–H groups in total. The lowest BCUT2D eigenvalue weighted by atomic mass is 10.2. The van der Waals surface area contributed by atoms with E-state index >= 15 is 0 Å². The molecule has 0 saturated carbocycles. The van der Waals surface area contributed by atoms with Crippen LogP contribution in [0.2, 0.25) is 0 Å². The summed E-state index contributed by atoms with van der Waals surface area (Å²) in [5.41, 5.74) is 7.32. The van der Waals surface area contributed by atoms with Crippen molar-refractivity contribution >= 4 is 15.5 Å². The zero-order valence-electron chi connectivity index (χ0n) is 10.3. The summed E-state index contributed by atoms with van der Waals surface area (Å²) in [6, 6.07) is 5.46. The molecule has 96 valence electrons. The maximum absolute atomic E-state index is 11.3. The summed E-state index contributed by atoms with van der Waals surface area (Å²) >= 11 is 0. The van der Waals surface area contributed by atoms with Gasteiger partial charge in [0.05, 0.1) is 12.4 Å². The van der Waals surface area contributed by atoms with Gasteiger partial charge in [0.15, 0.2) is 0 Å². The number of sulfone groups is 1. The van der Waals surface area contributed by atoms with E-state index in [-0.39, 0.29) is 11.5 Å². The van der Waals surface area contributed by atoms with Gasteiger partial charge in [0, 0.05) is 17.0 Å². The molecule has 0 aromatic heterocycles. The normalized spacial score (nSPS) is 11.4. The Morgan fingerprint density at radius 3 is 2.71 bits per heavy atom. The summed E-state index contributed by atoms with van der Waals surface area (Å²) in [4.78, 5) is 0. The molecule has 1 aromatic rings. The molecule has 0 atom stereocenters. The van der Waals surface area contributed by atoms with Crippen molar-refractivity contribution < 1.29 is 13.2 Å². The van der Waals surface area contributed by atoms with E-state index in [1.165, 1.54) is 0 Å². The molecule has 0 saturated heterocycles. The van der Waals surface area contributed by atoms with Gasteiger partial charge in [-0.15, -0.1) is 0 Å². The van der Waals surface area contributed by atoms with Crippen molar-refractivity contribution in [1.29, 1.82) is 0 Å². The minimum Gasteiger partial charge on any atom is -0.493 e. The van der Waals surface area contributed by atoms with E-state index < -0.39 is 9.84 Å². The van der Waals surface area contributed by atoms with Gasteiger partial charge >= 0.3 is 0 Å². The van der Waals surface area contributed by atoms with E-state index in [0.29, 0.717) is 18.7 Å². The van der Waals surface area contributed by atoms with Crippen LogP contribution in [0.25, 0.3) is 0 Å². The van der Waals surface area contributed by atoms with Crippen LogP contribution in [0.5, 0.6) is 5.75 Å². The van der Waals surface area contributed by atoms with Crippen LogP contribution in [0.15, 0.2) is 18.2 Å². The largest absolute Gasteiger partial charge is 0.493 e. The lowest BCUT2D eigenvalue weighted by molar-refractivity contribution is 0.316. The Bertz CT molecular complexity index is 469. The number of nitrogen functional groups attached to an aromatic ring is 1. The van der Waals surface area contributed by atoms with Crippen LogP contribution in [0.3, 0.4) is 0 Å². The predicted octanol–water partition coefficient (Wildman–Crippen LogP) is 1.78. The number of hydrogen-bond acceptors (Lipinski definition) is 4. The second kappa shape index (κ2) is 5.91. The summed E-state index contributed by atoms with van der Waals surface area (Å²) in [5.74, 6) is 1.08. The molecule has 0 fully saturated rings. The number of rotatable bonds is 6. The van der Waals surface area contributed by atoms with E-state index in [2.05, 4.69) is 0 Å². The van der Waals surface area contributed by atoms with Crippen molar-refractivity contribution in [2.45, 2.75) is 20.3 Å². The van der Waals surface area contributed by atoms with Crippen molar-refractivity contribution in [3.63, 3.8) is 0 Å². The molecule has 0 amide bonds. The molecule has 0 heterocycles. The monoisotopic (exact) mass is 257 g/mol. The fraction of sp³-hybridized carbons (Fsp3) is 0.500. The Morgan fingerprint density at radius 1 is 1.35 bits per heavy atom. The summed E-state index contributed by atoms with van der Waals surface area (Å²) in [5, 5.41) is 0. The summed E-state index contributed by atoms with van der Waals surface area (Å²) in [6.07, 6.45) is 0.504. The molecule has 0 aliphatic carbocycles. The average molecular weight is 257 g/mol. The summed E-state index contributed by atoms with van der Waals surface area (Å²) in [7, 11) is -2.90. The highest BCUT2D eigenvalue weighted by atomic mass is 32.2. The zero-order valence-corrected chi connectivity index (χ0v) is 11.1. The van der Waals surface area contributed by atoms with Gasteiger partial charge < -0.3 is 10.5 Å². The summed E-state index contributed by atoms with van der Waals surface area (Å²) < 4.78 is 28.0. The van der Waals surface area contributed by atoms with E-state index in [9.17, 15) is 8.42 Å². The first-order valence-corrected chi connectivity index (χ1v) is 7.46. The van der Waals surface area contributed by atoms with Gasteiger partial charge in [-0.2, -0.15) is 0 Å². The van der Waals surface area contributed by atoms with Gasteiger partial charge in [-0.3, -0.25) is 0 Å². The lowest BCUT2D eigenvalue weighted by Gasteiger charge is -2.10. The minimum atomic E-state index is -2.90. The van der Waals surface area contributed by atoms with Crippen LogP contribution in [-0.2, 0) is 9.84 Å². The van der Waals surface area contributed by atoms with E-state index in [1.807, 2.05) is 25.1 Å². The minimum absolute atomic E-state index is 0.171. The smallest absolute Gasteiger partial charge is 0.150 e. The number of hydrogen-bond donors (Lipinski definition) is 1. The molecule has 0 radical (unpaired) electrons. The average Bonchev–Trinajstić information content (AvgIpc) is 2.30. The highest BCUT2D eigenvalue weighted by Gasteiger charge is 2.07. The van der Waals surface area contributed by atoms with Gasteiger partial charge in [0.25, 0.3) is 0 Å². The topological polar surface area (TPSA) is 69.4 Å². The molecule has 0 aliphatic rings. The first-order chi connectivity index (χ1) is 7.96. The van der Waals surface area contributed by atoms with Crippen LogP contribution >= 0.6 is 0 Å². The fourth-order valence-electron chi connectivity index (χ4n) is 1.39. The molecule has 0 unspecified atom stereocenters. The third-order valence-corrected chi connectivity index (χ3v) is 4.41. The first kappa shape index (κ1) is 13.8. The van der Waals surface area contributed by atoms with Crippen LogP contribution in [0.1, 0.15) is 18.9 Å². The molecule has 0 bridgehead atoms. The van der Waals surface area contributed by atoms with Crippen molar-refractivity contribution in [1.82, 2.24) is 0 Å². The van der Waals surface area contributed by atoms with Gasteiger partial charge in [-0.05, 0) is 25.5 Å². The predicted molar refractivity (Wildman–Crippen MR) is 70.0 cm³/mol. The van der Waals surface area contributed by atoms with E-state index in [4.69, 9.17) is 10.5 Å². The Labute approximate surface area is 103 Å². The number of anilines is 1. The van der Waals surface area contributed by atoms with Crippen LogP contribution in [-0.4, -0.2) is 26.5 Å². The molecule has 0 spiro atoms. The van der Waals surface area contributed by atoms with Crippen molar-refractivity contribution in [2.24, 2.45) is 0 Å². The van der Waals surface area contributed by atoms with Crippen molar-refractivity contribution in [3.05, 3.63) is 23.8 Å². The lowest BCUT2D eigenvalue weighted by Crippen LogP contribution is -2.12. The molecule has 17 heavy (non-hydrogen) atoms. The Morgan fingerprint density at radius 2 is 2.06 bits per heavy atom. The highest BCUT2D eigenvalue weighted by Crippen LogP contribution is 2.22.